The average Bonchev–Trinajstić information content (AvgIpc) is 2.80. The first-order valence-electron chi connectivity index (χ1n) is 5.82. The Balaban J connectivity index is 2.08. The van der Waals surface area contributed by atoms with Gasteiger partial charge in [-0.15, -0.1) is 0 Å². The second-order valence-corrected chi connectivity index (χ2v) is 4.36. The van der Waals surface area contributed by atoms with Crippen molar-refractivity contribution in [3.8, 4) is 0 Å². The van der Waals surface area contributed by atoms with Gasteiger partial charge in [0.25, 0.3) is 0 Å². The number of hydrogen-bond acceptors (Lipinski definition) is 2. The molecule has 20 heavy (non-hydrogen) atoms. The third-order valence-electron chi connectivity index (χ3n) is 2.76. The molecule has 0 aliphatic rings. The van der Waals surface area contributed by atoms with E-state index in [-0.39, 0.29) is 6.42 Å². The van der Waals surface area contributed by atoms with Gasteiger partial charge in [0, 0.05) is 18.1 Å². The molecule has 0 aliphatic carbocycles. The number of ether oxygens (including phenoxy) is 1. The van der Waals surface area contributed by atoms with Gasteiger partial charge in [0.05, 0.1) is 0 Å². The third-order valence-corrected chi connectivity index (χ3v) is 2.76. The summed E-state index contributed by atoms with van der Waals surface area (Å²) in [5.41, 5.74) is 1.48. The second kappa shape index (κ2) is 5.54. The first-order chi connectivity index (χ1) is 9.35. The number of H-pyrrole nitrogens is 1. The minimum atomic E-state index is -4.54. The molecular formula is C13H12F3NO3. The molecule has 0 fully saturated rings. The number of aromatic amines is 1. The zero-order valence-corrected chi connectivity index (χ0v) is 10.3. The average molecular weight is 287 g/mol. The Labute approximate surface area is 112 Å². The Morgan fingerprint density at radius 1 is 1.35 bits per heavy atom. The van der Waals surface area contributed by atoms with Gasteiger partial charge >= 0.3 is 12.1 Å². The second-order valence-electron chi connectivity index (χ2n) is 4.36. The molecule has 0 amide bonds. The van der Waals surface area contributed by atoms with E-state index in [4.69, 9.17) is 5.11 Å². The van der Waals surface area contributed by atoms with Crippen LogP contribution in [0.25, 0.3) is 10.9 Å². The fraction of sp³-hybridized carbons (Fsp3) is 0.308. The smallest absolute Gasteiger partial charge is 0.411 e. The number of hydrogen-bond donors (Lipinski definition) is 2. The number of carboxylic acids is 1. The molecule has 2 N–H and O–H groups in total. The van der Waals surface area contributed by atoms with E-state index < -0.39 is 24.9 Å². The van der Waals surface area contributed by atoms with Crippen molar-refractivity contribution in [3.63, 3.8) is 0 Å². The van der Waals surface area contributed by atoms with Gasteiger partial charge < -0.3 is 14.8 Å². The van der Waals surface area contributed by atoms with E-state index in [2.05, 4.69) is 9.72 Å². The number of benzene rings is 1. The fourth-order valence-corrected chi connectivity index (χ4v) is 1.86. The van der Waals surface area contributed by atoms with Crippen LogP contribution in [-0.2, 0) is 16.0 Å². The van der Waals surface area contributed by atoms with Crippen LogP contribution < -0.4 is 0 Å². The summed E-state index contributed by atoms with van der Waals surface area (Å²) in [5.74, 6) is -1.41. The van der Waals surface area contributed by atoms with Crippen molar-refractivity contribution in [2.75, 3.05) is 6.61 Å². The Bertz CT molecular complexity index is 606. The summed E-state index contributed by atoms with van der Waals surface area (Å²) in [6, 6.07) is 6.92. The van der Waals surface area contributed by atoms with Crippen LogP contribution in [-0.4, -0.2) is 34.9 Å². The molecule has 1 aromatic carbocycles. The van der Waals surface area contributed by atoms with Gasteiger partial charge in [-0.1, -0.05) is 6.07 Å². The van der Waals surface area contributed by atoms with Crippen LogP contribution in [0.2, 0.25) is 0 Å². The van der Waals surface area contributed by atoms with Crippen LogP contribution in [0.1, 0.15) is 5.56 Å². The van der Waals surface area contributed by atoms with Crippen LogP contribution in [0.4, 0.5) is 13.2 Å². The first kappa shape index (κ1) is 14.4. The molecule has 1 aromatic heterocycles. The zero-order valence-electron chi connectivity index (χ0n) is 10.3. The highest BCUT2D eigenvalue weighted by Gasteiger charge is 2.31. The molecule has 0 radical (unpaired) electrons. The zero-order chi connectivity index (χ0) is 14.8. The lowest BCUT2D eigenvalue weighted by molar-refractivity contribution is -0.192. The van der Waals surface area contributed by atoms with Gasteiger partial charge in [0.2, 0.25) is 0 Å². The number of alkyl halides is 3. The largest absolute Gasteiger partial charge is 0.479 e. The maximum Gasteiger partial charge on any atom is 0.411 e. The topological polar surface area (TPSA) is 62.3 Å². The maximum absolute atomic E-state index is 12.1. The summed E-state index contributed by atoms with van der Waals surface area (Å²) in [4.78, 5) is 13.9. The van der Waals surface area contributed by atoms with Crippen molar-refractivity contribution in [2.24, 2.45) is 0 Å². The van der Waals surface area contributed by atoms with Crippen molar-refractivity contribution in [1.29, 1.82) is 0 Å². The Morgan fingerprint density at radius 2 is 2.10 bits per heavy atom. The highest BCUT2D eigenvalue weighted by molar-refractivity contribution is 5.80. The van der Waals surface area contributed by atoms with Crippen LogP contribution in [0.5, 0.6) is 0 Å². The molecule has 4 nitrogen and oxygen atoms in total. The third kappa shape index (κ3) is 3.74. The van der Waals surface area contributed by atoms with E-state index in [1.54, 1.807) is 30.5 Å². The molecule has 0 spiro atoms. The van der Waals surface area contributed by atoms with Gasteiger partial charge in [0.15, 0.2) is 6.10 Å². The lowest BCUT2D eigenvalue weighted by Crippen LogP contribution is -2.31. The predicted molar refractivity (Wildman–Crippen MR) is 65.4 cm³/mol. The number of nitrogens with one attached hydrogen (secondary N) is 1. The van der Waals surface area contributed by atoms with Gasteiger partial charge in [-0.3, -0.25) is 0 Å². The maximum atomic E-state index is 12.1. The summed E-state index contributed by atoms with van der Waals surface area (Å²) in [5, 5.41) is 9.77. The van der Waals surface area contributed by atoms with Crippen LogP contribution in [0.3, 0.4) is 0 Å². The Hall–Kier alpha value is -2.02. The summed E-state index contributed by atoms with van der Waals surface area (Å²) in [6.07, 6.45) is -4.46. The summed E-state index contributed by atoms with van der Waals surface area (Å²) < 4.78 is 40.6. The molecule has 2 rings (SSSR count). The molecule has 2 aromatic rings. The number of carbonyl (C=O) groups is 1. The van der Waals surface area contributed by atoms with E-state index in [9.17, 15) is 18.0 Å². The van der Waals surface area contributed by atoms with Gasteiger partial charge in [0.1, 0.15) is 6.61 Å². The Kier molecular flexibility index (Phi) is 3.99. The summed E-state index contributed by atoms with van der Waals surface area (Å²) in [6.45, 7) is -1.57. The van der Waals surface area contributed by atoms with E-state index in [1.807, 2.05) is 0 Å². The van der Waals surface area contributed by atoms with Gasteiger partial charge in [-0.05, 0) is 29.1 Å². The van der Waals surface area contributed by atoms with Crippen molar-refractivity contribution in [2.45, 2.75) is 18.7 Å². The molecule has 1 unspecified atom stereocenters. The lowest BCUT2D eigenvalue weighted by Gasteiger charge is -2.15. The number of fused-ring (bicyclic) bond motifs is 1. The minimum absolute atomic E-state index is 0.119. The van der Waals surface area contributed by atoms with E-state index in [0.29, 0.717) is 5.56 Å². The fourth-order valence-electron chi connectivity index (χ4n) is 1.86. The van der Waals surface area contributed by atoms with Crippen molar-refractivity contribution < 1.29 is 27.8 Å². The number of aromatic nitrogens is 1. The SMILES string of the molecule is O=C(O)C(Cc1ccc2[nH]ccc2c1)OCC(F)(F)F. The molecule has 108 valence electrons. The molecule has 0 bridgehead atoms. The Morgan fingerprint density at radius 3 is 2.75 bits per heavy atom. The highest BCUT2D eigenvalue weighted by atomic mass is 19.4. The predicted octanol–water partition coefficient (Wildman–Crippen LogP) is 2.74. The minimum Gasteiger partial charge on any atom is -0.479 e. The van der Waals surface area contributed by atoms with Crippen molar-refractivity contribution >= 4 is 16.9 Å². The van der Waals surface area contributed by atoms with Crippen LogP contribution in [0, 0.1) is 0 Å². The van der Waals surface area contributed by atoms with Crippen LogP contribution >= 0.6 is 0 Å². The highest BCUT2D eigenvalue weighted by Crippen LogP contribution is 2.19. The number of carboxylic acid groups (broad SMARTS) is 1. The molecule has 0 saturated heterocycles. The molecule has 7 heteroatoms. The lowest BCUT2D eigenvalue weighted by atomic mass is 10.1. The van der Waals surface area contributed by atoms with E-state index in [0.717, 1.165) is 10.9 Å². The number of aliphatic carboxylic acids is 1. The van der Waals surface area contributed by atoms with Gasteiger partial charge in [-0.2, -0.15) is 13.2 Å². The quantitative estimate of drug-likeness (QED) is 0.888. The monoisotopic (exact) mass is 287 g/mol. The molecule has 1 heterocycles. The molecule has 1 atom stereocenters. The number of halogens is 3. The summed E-state index contributed by atoms with van der Waals surface area (Å²) in [7, 11) is 0. The van der Waals surface area contributed by atoms with Crippen molar-refractivity contribution in [1.82, 2.24) is 4.98 Å². The molecule has 0 saturated carbocycles. The normalized spacial score (nSPS) is 13.6. The van der Waals surface area contributed by atoms with Crippen molar-refractivity contribution in [3.05, 3.63) is 36.0 Å². The molecular weight excluding hydrogens is 275 g/mol. The van der Waals surface area contributed by atoms with Crippen LogP contribution in [0.15, 0.2) is 30.5 Å². The summed E-state index contributed by atoms with van der Waals surface area (Å²) >= 11 is 0. The van der Waals surface area contributed by atoms with E-state index in [1.165, 1.54) is 0 Å². The standard InChI is InChI=1S/C13H12F3NO3/c14-13(15,16)7-20-11(12(18)19)6-8-1-2-10-9(5-8)3-4-17-10/h1-5,11,17H,6-7H2,(H,18,19). The van der Waals surface area contributed by atoms with Gasteiger partial charge in [-0.25, -0.2) is 4.79 Å². The number of rotatable bonds is 5. The first-order valence-corrected chi connectivity index (χ1v) is 5.82. The van der Waals surface area contributed by atoms with E-state index >= 15 is 0 Å². The molecule has 0 aliphatic heterocycles.